The first-order chi connectivity index (χ1) is 6.88. The molecule has 14 heavy (non-hydrogen) atoms. The van der Waals surface area contributed by atoms with Crippen LogP contribution in [0.5, 0.6) is 0 Å². The van der Waals surface area contributed by atoms with Crippen LogP contribution in [0.25, 0.3) is 0 Å². The fourth-order valence-corrected chi connectivity index (χ4v) is 1.74. The van der Waals surface area contributed by atoms with Crippen molar-refractivity contribution in [1.29, 1.82) is 0 Å². The van der Waals surface area contributed by atoms with Crippen molar-refractivity contribution in [3.05, 3.63) is 35.3 Å². The van der Waals surface area contributed by atoms with Crippen molar-refractivity contribution >= 4 is 28.4 Å². The summed E-state index contributed by atoms with van der Waals surface area (Å²) in [5.74, 6) is 0. The van der Waals surface area contributed by atoms with Crippen LogP contribution in [0.4, 0.5) is 17.1 Å². The molecule has 0 saturated carbocycles. The van der Waals surface area contributed by atoms with E-state index >= 15 is 0 Å². The van der Waals surface area contributed by atoms with Crippen LogP contribution in [-0.4, -0.2) is 12.0 Å². The maximum absolute atomic E-state index is 4.11. The number of pyridine rings is 1. The Morgan fingerprint density at radius 3 is 2.79 bits per heavy atom. The van der Waals surface area contributed by atoms with Crippen molar-refractivity contribution < 1.29 is 0 Å². The Labute approximate surface area is 86.8 Å². The van der Waals surface area contributed by atoms with Crippen molar-refractivity contribution in [2.24, 2.45) is 0 Å². The van der Waals surface area contributed by atoms with Crippen LogP contribution < -0.4 is 10.6 Å². The SMILES string of the molecule is CNc1cncc(Nc2ccsc2)c1. The number of rotatable bonds is 3. The summed E-state index contributed by atoms with van der Waals surface area (Å²) in [5, 5.41) is 10.4. The van der Waals surface area contributed by atoms with E-state index in [9.17, 15) is 0 Å². The second-order valence-electron chi connectivity index (χ2n) is 2.85. The van der Waals surface area contributed by atoms with Crippen molar-refractivity contribution in [2.75, 3.05) is 17.7 Å². The van der Waals surface area contributed by atoms with Crippen molar-refractivity contribution in [2.45, 2.75) is 0 Å². The summed E-state index contributed by atoms with van der Waals surface area (Å²) in [6, 6.07) is 4.06. The molecule has 0 saturated heterocycles. The van der Waals surface area contributed by atoms with E-state index in [0.29, 0.717) is 0 Å². The first kappa shape index (κ1) is 9.02. The largest absolute Gasteiger partial charge is 0.387 e. The molecule has 0 aliphatic rings. The summed E-state index contributed by atoms with van der Waals surface area (Å²) in [6.45, 7) is 0. The van der Waals surface area contributed by atoms with Gasteiger partial charge in [0.05, 0.1) is 23.8 Å². The molecule has 3 nitrogen and oxygen atoms in total. The third kappa shape index (κ3) is 2.03. The number of hydrogen-bond donors (Lipinski definition) is 2. The Hall–Kier alpha value is -1.55. The molecule has 0 atom stereocenters. The lowest BCUT2D eigenvalue weighted by molar-refractivity contribution is 1.31. The van der Waals surface area contributed by atoms with Gasteiger partial charge >= 0.3 is 0 Å². The first-order valence-electron chi connectivity index (χ1n) is 4.30. The van der Waals surface area contributed by atoms with Crippen molar-refractivity contribution in [3.8, 4) is 0 Å². The fraction of sp³-hybridized carbons (Fsp3) is 0.100. The summed E-state index contributed by atoms with van der Waals surface area (Å²) in [7, 11) is 1.88. The molecule has 2 aromatic rings. The minimum Gasteiger partial charge on any atom is -0.387 e. The summed E-state index contributed by atoms with van der Waals surface area (Å²) in [4.78, 5) is 4.11. The van der Waals surface area contributed by atoms with Gasteiger partial charge in [0.15, 0.2) is 0 Å². The molecule has 2 N–H and O–H groups in total. The van der Waals surface area contributed by atoms with E-state index in [1.54, 1.807) is 23.7 Å². The number of nitrogens with one attached hydrogen (secondary N) is 2. The van der Waals surface area contributed by atoms with Crippen LogP contribution in [0, 0.1) is 0 Å². The van der Waals surface area contributed by atoms with E-state index in [1.807, 2.05) is 24.6 Å². The number of aromatic nitrogens is 1. The average Bonchev–Trinajstić information content (AvgIpc) is 2.71. The molecule has 0 amide bonds. The highest BCUT2D eigenvalue weighted by molar-refractivity contribution is 7.08. The third-order valence-corrected chi connectivity index (χ3v) is 2.52. The normalized spacial score (nSPS) is 9.79. The molecule has 0 aromatic carbocycles. The molecule has 0 unspecified atom stereocenters. The summed E-state index contributed by atoms with van der Waals surface area (Å²) >= 11 is 1.67. The Bertz CT molecular complexity index is 398. The monoisotopic (exact) mass is 205 g/mol. The van der Waals surface area contributed by atoms with Crippen molar-refractivity contribution in [1.82, 2.24) is 4.98 Å². The zero-order valence-electron chi connectivity index (χ0n) is 7.82. The molecule has 0 bridgehead atoms. The van der Waals surface area contributed by atoms with Gasteiger partial charge in [-0.2, -0.15) is 11.3 Å². The molecule has 0 aliphatic carbocycles. The Morgan fingerprint density at radius 2 is 2.07 bits per heavy atom. The zero-order chi connectivity index (χ0) is 9.80. The van der Waals surface area contributed by atoms with E-state index in [2.05, 4.69) is 21.0 Å². The minimum atomic E-state index is 0.996. The third-order valence-electron chi connectivity index (χ3n) is 1.84. The zero-order valence-corrected chi connectivity index (χ0v) is 8.64. The Morgan fingerprint density at radius 1 is 1.21 bits per heavy atom. The quantitative estimate of drug-likeness (QED) is 0.809. The molecule has 0 radical (unpaired) electrons. The van der Waals surface area contributed by atoms with E-state index in [1.165, 1.54) is 0 Å². The molecular formula is C10H11N3S. The maximum atomic E-state index is 4.11. The predicted molar refractivity (Wildman–Crippen MR) is 61.4 cm³/mol. The maximum Gasteiger partial charge on any atom is 0.0591 e. The summed E-state index contributed by atoms with van der Waals surface area (Å²) < 4.78 is 0. The second kappa shape index (κ2) is 4.11. The van der Waals surface area contributed by atoms with Gasteiger partial charge in [-0.1, -0.05) is 0 Å². The topological polar surface area (TPSA) is 37.0 Å². The molecule has 4 heteroatoms. The van der Waals surface area contributed by atoms with E-state index in [-0.39, 0.29) is 0 Å². The summed E-state index contributed by atoms with van der Waals surface area (Å²) in [5.41, 5.74) is 3.10. The molecule has 0 spiro atoms. The van der Waals surface area contributed by atoms with Gasteiger partial charge < -0.3 is 10.6 Å². The standard InChI is InChI=1S/C10H11N3S/c1-11-9-4-10(6-12-5-9)13-8-2-3-14-7-8/h2-7,11,13H,1H3. The van der Waals surface area contributed by atoms with E-state index < -0.39 is 0 Å². The van der Waals surface area contributed by atoms with Crippen LogP contribution in [0.3, 0.4) is 0 Å². The molecule has 2 heterocycles. The number of thiophene rings is 1. The predicted octanol–water partition coefficient (Wildman–Crippen LogP) is 2.93. The molecule has 0 aliphatic heterocycles. The average molecular weight is 205 g/mol. The second-order valence-corrected chi connectivity index (χ2v) is 3.63. The molecule has 2 aromatic heterocycles. The first-order valence-corrected chi connectivity index (χ1v) is 5.25. The molecule has 2 rings (SSSR count). The highest BCUT2D eigenvalue weighted by Gasteiger charge is 1.96. The number of anilines is 3. The Kier molecular flexibility index (Phi) is 2.65. The van der Waals surface area contributed by atoms with Gasteiger partial charge in [0, 0.05) is 18.1 Å². The van der Waals surface area contributed by atoms with Crippen LogP contribution in [0.2, 0.25) is 0 Å². The van der Waals surface area contributed by atoms with Crippen LogP contribution in [-0.2, 0) is 0 Å². The molecule has 0 fully saturated rings. The van der Waals surface area contributed by atoms with Gasteiger partial charge in [0.25, 0.3) is 0 Å². The highest BCUT2D eigenvalue weighted by Crippen LogP contribution is 2.20. The molecule has 72 valence electrons. The van der Waals surface area contributed by atoms with Gasteiger partial charge in [-0.15, -0.1) is 0 Å². The number of hydrogen-bond acceptors (Lipinski definition) is 4. The fourth-order valence-electron chi connectivity index (χ4n) is 1.15. The highest BCUT2D eigenvalue weighted by atomic mass is 32.1. The minimum absolute atomic E-state index is 0.996. The van der Waals surface area contributed by atoms with Gasteiger partial charge in [-0.25, -0.2) is 0 Å². The van der Waals surface area contributed by atoms with Gasteiger partial charge in [0.1, 0.15) is 0 Å². The lowest BCUT2D eigenvalue weighted by Crippen LogP contribution is -1.93. The van der Waals surface area contributed by atoms with Crippen molar-refractivity contribution in [3.63, 3.8) is 0 Å². The lowest BCUT2D eigenvalue weighted by atomic mass is 10.3. The summed E-state index contributed by atoms with van der Waals surface area (Å²) in [6.07, 6.45) is 3.59. The van der Waals surface area contributed by atoms with Gasteiger partial charge in [0.2, 0.25) is 0 Å². The smallest absolute Gasteiger partial charge is 0.0591 e. The number of nitrogens with zero attached hydrogens (tertiary/aromatic N) is 1. The van der Waals surface area contributed by atoms with Crippen LogP contribution in [0.15, 0.2) is 35.3 Å². The van der Waals surface area contributed by atoms with E-state index in [4.69, 9.17) is 0 Å². The van der Waals surface area contributed by atoms with Crippen LogP contribution in [0.1, 0.15) is 0 Å². The Balaban J connectivity index is 2.17. The van der Waals surface area contributed by atoms with E-state index in [0.717, 1.165) is 17.1 Å². The van der Waals surface area contributed by atoms with Gasteiger partial charge in [-0.3, -0.25) is 4.98 Å². The van der Waals surface area contributed by atoms with Crippen LogP contribution >= 0.6 is 11.3 Å². The lowest BCUT2D eigenvalue weighted by Gasteiger charge is -2.05. The van der Waals surface area contributed by atoms with Gasteiger partial charge in [-0.05, 0) is 17.5 Å². The molecular weight excluding hydrogens is 194 g/mol.